The van der Waals surface area contributed by atoms with Crippen LogP contribution in [0.25, 0.3) is 0 Å². The minimum Gasteiger partial charge on any atom is -0.389 e. The summed E-state index contributed by atoms with van der Waals surface area (Å²) in [5.41, 5.74) is 7.42. The zero-order chi connectivity index (χ0) is 12.4. The highest BCUT2D eigenvalue weighted by atomic mass is 32.1. The van der Waals surface area contributed by atoms with Gasteiger partial charge < -0.3 is 11.1 Å². The number of hydrogen-bond acceptors (Lipinski definition) is 6. The molecule has 0 amide bonds. The maximum absolute atomic E-state index is 5.69. The van der Waals surface area contributed by atoms with Crippen molar-refractivity contribution in [2.24, 2.45) is 5.73 Å². The van der Waals surface area contributed by atoms with Crippen LogP contribution in [0.15, 0.2) is 12.3 Å². The zero-order valence-corrected chi connectivity index (χ0v) is 11.0. The van der Waals surface area contributed by atoms with Crippen LogP contribution in [0.2, 0.25) is 0 Å². The quantitative estimate of drug-likeness (QED) is 0.826. The average Bonchev–Trinajstić information content (AvgIpc) is 2.63. The van der Waals surface area contributed by atoms with Crippen LogP contribution in [0.3, 0.4) is 0 Å². The Morgan fingerprint density at radius 1 is 1.47 bits per heavy atom. The summed E-state index contributed by atoms with van der Waals surface area (Å²) in [5.74, 6) is 1.34. The number of aryl methyl sites for hydroxylation is 2. The predicted molar refractivity (Wildman–Crippen MR) is 72.8 cm³/mol. The number of nitrogens with one attached hydrogen (secondary N) is 1. The first-order chi connectivity index (χ1) is 8.08. The number of nitrogens with zero attached hydrogens (tertiary/aromatic N) is 3. The molecule has 0 spiro atoms. The third kappa shape index (κ3) is 2.56. The highest BCUT2D eigenvalue weighted by Crippen LogP contribution is 2.22. The number of nitrogens with two attached hydrogens (primary N) is 1. The average molecular weight is 265 g/mol. The lowest BCUT2D eigenvalue weighted by Crippen LogP contribution is -2.14. The molecular weight excluding hydrogens is 254 g/mol. The molecule has 2 rings (SSSR count). The summed E-state index contributed by atoms with van der Waals surface area (Å²) >= 11 is 6.30. The van der Waals surface area contributed by atoms with Gasteiger partial charge in [-0.15, -0.1) is 0 Å². The van der Waals surface area contributed by atoms with Crippen molar-refractivity contribution in [3.05, 3.63) is 29.2 Å². The third-order valence-corrected chi connectivity index (χ3v) is 3.08. The van der Waals surface area contributed by atoms with Crippen LogP contribution >= 0.6 is 23.8 Å². The summed E-state index contributed by atoms with van der Waals surface area (Å²) in [4.78, 5) is 8.75. The predicted octanol–water partition coefficient (Wildman–Crippen LogP) is 1.93. The Morgan fingerprint density at radius 2 is 2.24 bits per heavy atom. The van der Waals surface area contributed by atoms with Crippen molar-refractivity contribution >= 4 is 39.7 Å². The van der Waals surface area contributed by atoms with E-state index in [1.165, 1.54) is 11.5 Å². The molecule has 0 saturated heterocycles. The van der Waals surface area contributed by atoms with Crippen LogP contribution in [0.5, 0.6) is 0 Å². The number of anilines is 2. The molecule has 0 atom stereocenters. The standard InChI is InChI=1S/C10H11N5S2/c1-5-3-4-12-9(7(5)8(11)16)14-10-13-6(2)15-17-10/h3-4H,1-2H3,(H2,11,16)(H,12,13,14,15). The fraction of sp³-hybridized carbons (Fsp3) is 0.200. The number of pyridine rings is 1. The first-order valence-corrected chi connectivity index (χ1v) is 6.09. The van der Waals surface area contributed by atoms with E-state index >= 15 is 0 Å². The fourth-order valence-electron chi connectivity index (χ4n) is 1.41. The van der Waals surface area contributed by atoms with E-state index in [2.05, 4.69) is 19.7 Å². The van der Waals surface area contributed by atoms with Crippen molar-refractivity contribution in [1.82, 2.24) is 14.3 Å². The van der Waals surface area contributed by atoms with Gasteiger partial charge in [0.1, 0.15) is 16.6 Å². The molecule has 0 aliphatic heterocycles. The maximum Gasteiger partial charge on any atom is 0.208 e. The van der Waals surface area contributed by atoms with Crippen LogP contribution in [-0.2, 0) is 0 Å². The maximum atomic E-state index is 5.69. The van der Waals surface area contributed by atoms with Gasteiger partial charge in [-0.3, -0.25) is 0 Å². The Balaban J connectivity index is 2.39. The van der Waals surface area contributed by atoms with Crippen molar-refractivity contribution in [3.8, 4) is 0 Å². The number of hydrogen-bond donors (Lipinski definition) is 2. The summed E-state index contributed by atoms with van der Waals surface area (Å²) in [7, 11) is 0. The highest BCUT2D eigenvalue weighted by molar-refractivity contribution is 7.80. The Bertz CT molecular complexity index is 564. The molecule has 0 fully saturated rings. The van der Waals surface area contributed by atoms with E-state index in [1.807, 2.05) is 19.9 Å². The van der Waals surface area contributed by atoms with Gasteiger partial charge >= 0.3 is 0 Å². The molecule has 0 aliphatic rings. The lowest BCUT2D eigenvalue weighted by atomic mass is 10.1. The van der Waals surface area contributed by atoms with Gasteiger partial charge in [-0.25, -0.2) is 9.97 Å². The molecule has 2 aromatic rings. The van der Waals surface area contributed by atoms with Crippen molar-refractivity contribution < 1.29 is 0 Å². The number of aromatic nitrogens is 3. The van der Waals surface area contributed by atoms with Crippen molar-refractivity contribution in [1.29, 1.82) is 0 Å². The molecule has 7 heteroatoms. The molecule has 88 valence electrons. The molecule has 2 aromatic heterocycles. The molecule has 0 bridgehead atoms. The lowest BCUT2D eigenvalue weighted by molar-refractivity contribution is 1.16. The van der Waals surface area contributed by atoms with E-state index in [4.69, 9.17) is 18.0 Å². The Hall–Kier alpha value is -1.60. The summed E-state index contributed by atoms with van der Waals surface area (Å²) in [5, 5.41) is 3.76. The van der Waals surface area contributed by atoms with E-state index in [0.29, 0.717) is 15.9 Å². The lowest BCUT2D eigenvalue weighted by Gasteiger charge is -2.09. The van der Waals surface area contributed by atoms with Gasteiger partial charge in [0.25, 0.3) is 0 Å². The molecular formula is C10H11N5S2. The van der Waals surface area contributed by atoms with Gasteiger partial charge in [0.15, 0.2) is 0 Å². The first kappa shape index (κ1) is 11.9. The number of thiocarbonyl (C=S) groups is 1. The molecule has 2 heterocycles. The molecule has 0 radical (unpaired) electrons. The first-order valence-electron chi connectivity index (χ1n) is 4.90. The second-order valence-electron chi connectivity index (χ2n) is 3.49. The van der Waals surface area contributed by atoms with E-state index in [9.17, 15) is 0 Å². The summed E-state index contributed by atoms with van der Waals surface area (Å²) < 4.78 is 4.09. The minimum atomic E-state index is 0.319. The van der Waals surface area contributed by atoms with E-state index in [0.717, 1.165) is 17.0 Å². The topological polar surface area (TPSA) is 76.7 Å². The third-order valence-electron chi connectivity index (χ3n) is 2.16. The fourth-order valence-corrected chi connectivity index (χ4v) is 2.25. The van der Waals surface area contributed by atoms with E-state index in [1.54, 1.807) is 6.20 Å². The smallest absolute Gasteiger partial charge is 0.208 e. The molecule has 0 unspecified atom stereocenters. The SMILES string of the molecule is Cc1nsc(Nc2nccc(C)c2C(N)=S)n1. The van der Waals surface area contributed by atoms with Gasteiger partial charge in [0.05, 0.1) is 5.56 Å². The summed E-state index contributed by atoms with van der Waals surface area (Å²) in [6.45, 7) is 3.77. The van der Waals surface area contributed by atoms with Gasteiger partial charge in [0, 0.05) is 17.7 Å². The zero-order valence-electron chi connectivity index (χ0n) is 9.39. The second kappa shape index (κ2) is 4.72. The molecule has 0 aromatic carbocycles. The van der Waals surface area contributed by atoms with Crippen molar-refractivity contribution in [3.63, 3.8) is 0 Å². The molecule has 0 aliphatic carbocycles. The summed E-state index contributed by atoms with van der Waals surface area (Å²) in [6.07, 6.45) is 1.70. The number of rotatable bonds is 3. The van der Waals surface area contributed by atoms with Gasteiger partial charge in [-0.2, -0.15) is 4.37 Å². The van der Waals surface area contributed by atoms with Crippen LogP contribution in [0, 0.1) is 13.8 Å². The van der Waals surface area contributed by atoms with Crippen molar-refractivity contribution in [2.45, 2.75) is 13.8 Å². The van der Waals surface area contributed by atoms with E-state index in [-0.39, 0.29) is 0 Å². The van der Waals surface area contributed by atoms with Crippen LogP contribution < -0.4 is 11.1 Å². The largest absolute Gasteiger partial charge is 0.389 e. The van der Waals surface area contributed by atoms with Crippen LogP contribution in [-0.4, -0.2) is 19.3 Å². The van der Waals surface area contributed by atoms with Gasteiger partial charge in [-0.1, -0.05) is 12.2 Å². The molecule has 0 saturated carbocycles. The molecule has 5 nitrogen and oxygen atoms in total. The Morgan fingerprint density at radius 3 is 2.82 bits per heavy atom. The Kier molecular flexibility index (Phi) is 3.30. The minimum absolute atomic E-state index is 0.319. The highest BCUT2D eigenvalue weighted by Gasteiger charge is 2.11. The second-order valence-corrected chi connectivity index (χ2v) is 4.68. The molecule has 17 heavy (non-hydrogen) atoms. The van der Waals surface area contributed by atoms with Gasteiger partial charge in [-0.05, 0) is 25.5 Å². The van der Waals surface area contributed by atoms with Crippen LogP contribution in [0.4, 0.5) is 10.9 Å². The summed E-state index contributed by atoms with van der Waals surface area (Å²) in [6, 6.07) is 1.87. The normalized spacial score (nSPS) is 10.2. The van der Waals surface area contributed by atoms with Crippen molar-refractivity contribution in [2.75, 3.05) is 5.32 Å². The molecule has 3 N–H and O–H groups in total. The monoisotopic (exact) mass is 265 g/mol. The van der Waals surface area contributed by atoms with Gasteiger partial charge in [0.2, 0.25) is 5.13 Å². The van der Waals surface area contributed by atoms with Crippen LogP contribution in [0.1, 0.15) is 17.0 Å². The Labute approximate surface area is 108 Å². The van der Waals surface area contributed by atoms with E-state index < -0.39 is 0 Å².